The number of aromatic amines is 1. The molecule has 0 aliphatic heterocycles. The zero-order valence-corrected chi connectivity index (χ0v) is 16.8. The summed E-state index contributed by atoms with van der Waals surface area (Å²) >= 11 is 0. The lowest BCUT2D eigenvalue weighted by molar-refractivity contribution is 0.102. The molecule has 0 fully saturated rings. The molecule has 2 N–H and O–H groups in total. The van der Waals surface area contributed by atoms with Crippen LogP contribution in [0.25, 0.3) is 21.9 Å². The molecule has 5 aromatic rings. The van der Waals surface area contributed by atoms with Crippen LogP contribution >= 0.6 is 0 Å². The van der Waals surface area contributed by atoms with Crippen molar-refractivity contribution in [2.75, 3.05) is 5.32 Å². The first-order chi connectivity index (χ1) is 14.6. The maximum absolute atomic E-state index is 13.1. The highest BCUT2D eigenvalue weighted by Gasteiger charge is 2.17. The number of para-hydroxylation sites is 1. The van der Waals surface area contributed by atoms with Crippen LogP contribution in [0.4, 0.5) is 5.69 Å². The normalized spacial score (nSPS) is 11.3. The fourth-order valence-corrected chi connectivity index (χ4v) is 3.71. The van der Waals surface area contributed by atoms with E-state index in [1.807, 2.05) is 48.1 Å². The summed E-state index contributed by atoms with van der Waals surface area (Å²) in [5.74, 6) is -0.176. The highest BCUT2D eigenvalue weighted by atomic mass is 16.1. The smallest absolute Gasteiger partial charge is 0.256 e. The maximum atomic E-state index is 13.1. The molecule has 0 atom stereocenters. The van der Waals surface area contributed by atoms with Crippen LogP contribution in [-0.4, -0.2) is 25.7 Å². The van der Waals surface area contributed by atoms with Gasteiger partial charge in [-0.05, 0) is 31.5 Å². The number of benzene rings is 2. The minimum Gasteiger partial charge on any atom is -0.359 e. The zero-order valence-electron chi connectivity index (χ0n) is 16.8. The van der Waals surface area contributed by atoms with Crippen molar-refractivity contribution in [2.24, 2.45) is 0 Å². The Labute approximate surface area is 173 Å². The van der Waals surface area contributed by atoms with Crippen LogP contribution in [0, 0.1) is 13.8 Å². The number of fused-ring (bicyclic) bond motifs is 2. The van der Waals surface area contributed by atoms with Crippen molar-refractivity contribution in [1.29, 1.82) is 0 Å². The fraction of sp³-hybridized carbons (Fsp3) is 0.125. The minimum absolute atomic E-state index is 0.176. The lowest BCUT2D eigenvalue weighted by Crippen LogP contribution is -2.13. The van der Waals surface area contributed by atoms with E-state index in [1.165, 1.54) is 5.56 Å². The van der Waals surface area contributed by atoms with Crippen LogP contribution in [-0.2, 0) is 6.54 Å². The Hall–Kier alpha value is -3.93. The van der Waals surface area contributed by atoms with Gasteiger partial charge in [0, 0.05) is 22.8 Å². The van der Waals surface area contributed by atoms with Gasteiger partial charge in [0.15, 0.2) is 5.65 Å². The van der Waals surface area contributed by atoms with Gasteiger partial charge in [-0.3, -0.25) is 4.79 Å². The zero-order chi connectivity index (χ0) is 20.7. The second kappa shape index (κ2) is 7.15. The third-order valence-corrected chi connectivity index (χ3v) is 5.27. The Balaban J connectivity index is 1.50. The first kappa shape index (κ1) is 18.1. The van der Waals surface area contributed by atoms with Crippen LogP contribution in [0.3, 0.4) is 0 Å². The molecule has 0 radical (unpaired) electrons. The number of hydrogen-bond donors (Lipinski definition) is 2. The average Bonchev–Trinajstić information content (AvgIpc) is 3.34. The van der Waals surface area contributed by atoms with Gasteiger partial charge < -0.3 is 10.3 Å². The third-order valence-electron chi connectivity index (χ3n) is 5.27. The predicted molar refractivity (Wildman–Crippen MR) is 119 cm³/mol. The molecule has 3 aromatic heterocycles. The van der Waals surface area contributed by atoms with Gasteiger partial charge in [-0.15, -0.1) is 0 Å². The first-order valence-electron chi connectivity index (χ1n) is 9.85. The molecule has 0 spiro atoms. The molecule has 6 nitrogen and oxygen atoms in total. The number of nitrogens with zero attached hydrogens (tertiary/aromatic N) is 3. The molecular formula is C24H21N5O. The number of carbonyl (C=O) groups is 1. The lowest BCUT2D eigenvalue weighted by atomic mass is 10.1. The molecule has 5 rings (SSSR count). The SMILES string of the molecule is Cc1ccc(Cn2ncc3c(C(=O)Nc4c[nH]c5ccccc45)cc(C)nc32)cc1. The van der Waals surface area contributed by atoms with Crippen molar-refractivity contribution < 1.29 is 4.79 Å². The third kappa shape index (κ3) is 3.22. The summed E-state index contributed by atoms with van der Waals surface area (Å²) in [4.78, 5) is 21.0. The molecule has 0 saturated carbocycles. The van der Waals surface area contributed by atoms with Gasteiger partial charge in [0.2, 0.25) is 0 Å². The Morgan fingerprint density at radius 3 is 2.70 bits per heavy atom. The number of H-pyrrole nitrogens is 1. The largest absolute Gasteiger partial charge is 0.359 e. The van der Waals surface area contributed by atoms with E-state index >= 15 is 0 Å². The number of amides is 1. The first-order valence-corrected chi connectivity index (χ1v) is 9.85. The highest BCUT2D eigenvalue weighted by Crippen LogP contribution is 2.25. The van der Waals surface area contributed by atoms with Crippen LogP contribution in [0.1, 0.15) is 27.2 Å². The second-order valence-electron chi connectivity index (χ2n) is 7.54. The van der Waals surface area contributed by atoms with Gasteiger partial charge in [-0.1, -0.05) is 48.0 Å². The summed E-state index contributed by atoms with van der Waals surface area (Å²) in [6, 6.07) is 18.0. The molecule has 0 aliphatic rings. The minimum atomic E-state index is -0.176. The molecule has 0 aliphatic carbocycles. The molecular weight excluding hydrogens is 374 g/mol. The van der Waals surface area contributed by atoms with Gasteiger partial charge in [-0.25, -0.2) is 9.67 Å². The molecule has 0 bridgehead atoms. The number of nitrogens with one attached hydrogen (secondary N) is 2. The van der Waals surface area contributed by atoms with Gasteiger partial charge in [0.25, 0.3) is 5.91 Å². The number of anilines is 1. The maximum Gasteiger partial charge on any atom is 0.256 e. The van der Waals surface area contributed by atoms with Crippen molar-refractivity contribution >= 4 is 33.5 Å². The molecule has 1 amide bonds. The molecule has 0 saturated heterocycles. The number of aromatic nitrogens is 4. The number of pyridine rings is 1. The van der Waals surface area contributed by atoms with Gasteiger partial charge in [0.05, 0.1) is 29.4 Å². The van der Waals surface area contributed by atoms with E-state index in [-0.39, 0.29) is 5.91 Å². The van der Waals surface area contributed by atoms with Gasteiger partial charge in [0.1, 0.15) is 0 Å². The van der Waals surface area contributed by atoms with Crippen LogP contribution < -0.4 is 5.32 Å². The Morgan fingerprint density at radius 2 is 1.87 bits per heavy atom. The average molecular weight is 395 g/mol. The van der Waals surface area contributed by atoms with Crippen molar-refractivity contribution in [3.05, 3.63) is 89.4 Å². The Kier molecular flexibility index (Phi) is 4.32. The summed E-state index contributed by atoms with van der Waals surface area (Å²) in [7, 11) is 0. The standard InChI is InChI=1S/C24H21N5O/c1-15-7-9-17(10-8-15)14-29-23-20(12-26-29)19(11-16(2)27-23)24(30)28-22-13-25-21-6-4-3-5-18(21)22/h3-13,25H,14H2,1-2H3,(H,28,30). The van der Waals surface area contributed by atoms with Crippen LogP contribution in [0.2, 0.25) is 0 Å². The summed E-state index contributed by atoms with van der Waals surface area (Å²) in [6.07, 6.45) is 3.54. The molecule has 0 unspecified atom stereocenters. The molecule has 148 valence electrons. The predicted octanol–water partition coefficient (Wildman–Crippen LogP) is 4.83. The Morgan fingerprint density at radius 1 is 1.07 bits per heavy atom. The quantitative estimate of drug-likeness (QED) is 0.458. The van der Waals surface area contributed by atoms with E-state index in [0.717, 1.165) is 33.2 Å². The highest BCUT2D eigenvalue weighted by molar-refractivity contribution is 6.14. The number of hydrogen-bond acceptors (Lipinski definition) is 3. The van der Waals surface area contributed by atoms with Crippen molar-refractivity contribution in [3.63, 3.8) is 0 Å². The second-order valence-corrected chi connectivity index (χ2v) is 7.54. The van der Waals surface area contributed by atoms with Gasteiger partial charge in [-0.2, -0.15) is 5.10 Å². The number of rotatable bonds is 4. The van der Waals surface area contributed by atoms with Crippen LogP contribution in [0.15, 0.2) is 67.0 Å². The van der Waals surface area contributed by atoms with Crippen molar-refractivity contribution in [2.45, 2.75) is 20.4 Å². The summed E-state index contributed by atoms with van der Waals surface area (Å²) in [5, 5.41) is 9.26. The summed E-state index contributed by atoms with van der Waals surface area (Å²) in [6.45, 7) is 4.56. The topological polar surface area (TPSA) is 75.6 Å². The van der Waals surface area contributed by atoms with Crippen molar-refractivity contribution in [1.82, 2.24) is 19.7 Å². The van der Waals surface area contributed by atoms with Gasteiger partial charge >= 0.3 is 0 Å². The van der Waals surface area contributed by atoms with E-state index in [4.69, 9.17) is 0 Å². The fourth-order valence-electron chi connectivity index (χ4n) is 3.71. The number of carbonyl (C=O) groups excluding carboxylic acids is 1. The van der Waals surface area contributed by atoms with Crippen LogP contribution in [0.5, 0.6) is 0 Å². The lowest BCUT2D eigenvalue weighted by Gasteiger charge is -2.08. The van der Waals surface area contributed by atoms with E-state index in [2.05, 4.69) is 51.6 Å². The van der Waals surface area contributed by atoms with Crippen molar-refractivity contribution in [3.8, 4) is 0 Å². The Bertz CT molecular complexity index is 1380. The summed E-state index contributed by atoms with van der Waals surface area (Å²) in [5.41, 5.74) is 6.14. The number of aryl methyl sites for hydroxylation is 2. The van der Waals surface area contributed by atoms with E-state index in [0.29, 0.717) is 17.8 Å². The molecule has 3 heterocycles. The van der Waals surface area contributed by atoms with E-state index in [1.54, 1.807) is 6.20 Å². The molecule has 30 heavy (non-hydrogen) atoms. The van der Waals surface area contributed by atoms with E-state index in [9.17, 15) is 4.79 Å². The molecule has 2 aromatic carbocycles. The van der Waals surface area contributed by atoms with E-state index < -0.39 is 0 Å². The summed E-state index contributed by atoms with van der Waals surface area (Å²) < 4.78 is 1.84. The molecule has 6 heteroatoms. The monoisotopic (exact) mass is 395 g/mol.